The summed E-state index contributed by atoms with van der Waals surface area (Å²) in [6, 6.07) is 8.05. The molecule has 2 heterocycles. The lowest BCUT2D eigenvalue weighted by Crippen LogP contribution is -2.35. The number of amides is 1. The van der Waals surface area contributed by atoms with E-state index in [4.69, 9.17) is 4.42 Å². The predicted molar refractivity (Wildman–Crippen MR) is 76.1 cm³/mol. The molecule has 0 aliphatic heterocycles. The zero-order valence-electron chi connectivity index (χ0n) is 10.7. The van der Waals surface area contributed by atoms with Crippen molar-refractivity contribution in [3.8, 4) is 10.6 Å². The highest BCUT2D eigenvalue weighted by Gasteiger charge is 2.24. The predicted octanol–water partition coefficient (Wildman–Crippen LogP) is 3.47. The van der Waals surface area contributed by atoms with Crippen LogP contribution >= 0.6 is 11.3 Å². The SMILES string of the molecule is O=C(NCCc1ccc(-c2ccco2)s1)C1CCC1. The molecule has 3 rings (SSSR count). The highest BCUT2D eigenvalue weighted by Crippen LogP contribution is 2.29. The largest absolute Gasteiger partial charge is 0.464 e. The van der Waals surface area contributed by atoms with E-state index in [1.165, 1.54) is 11.3 Å². The van der Waals surface area contributed by atoms with Gasteiger partial charge in [-0.05, 0) is 43.5 Å². The number of nitrogens with one attached hydrogen (secondary N) is 1. The van der Waals surface area contributed by atoms with Gasteiger partial charge in [0.25, 0.3) is 0 Å². The van der Waals surface area contributed by atoms with Crippen LogP contribution < -0.4 is 5.32 Å². The highest BCUT2D eigenvalue weighted by atomic mass is 32.1. The molecule has 0 unspecified atom stereocenters. The third-order valence-electron chi connectivity index (χ3n) is 3.57. The van der Waals surface area contributed by atoms with Crippen molar-refractivity contribution < 1.29 is 9.21 Å². The average Bonchev–Trinajstić information content (AvgIpc) is 2.96. The van der Waals surface area contributed by atoms with Crippen molar-refractivity contribution in [1.82, 2.24) is 5.32 Å². The van der Waals surface area contributed by atoms with Crippen LogP contribution in [-0.2, 0) is 11.2 Å². The average molecular weight is 275 g/mol. The monoisotopic (exact) mass is 275 g/mol. The van der Waals surface area contributed by atoms with Gasteiger partial charge in [0.2, 0.25) is 5.91 Å². The van der Waals surface area contributed by atoms with E-state index in [1.807, 2.05) is 12.1 Å². The normalized spacial score (nSPS) is 15.2. The van der Waals surface area contributed by atoms with Crippen molar-refractivity contribution in [2.45, 2.75) is 25.7 Å². The van der Waals surface area contributed by atoms with Crippen molar-refractivity contribution in [2.24, 2.45) is 5.92 Å². The second kappa shape index (κ2) is 5.61. The maximum atomic E-state index is 11.7. The van der Waals surface area contributed by atoms with Gasteiger partial charge in [-0.15, -0.1) is 11.3 Å². The minimum absolute atomic E-state index is 0.231. The molecule has 1 fully saturated rings. The van der Waals surface area contributed by atoms with Gasteiger partial charge in [-0.3, -0.25) is 4.79 Å². The Morgan fingerprint density at radius 1 is 1.37 bits per heavy atom. The van der Waals surface area contributed by atoms with Crippen molar-refractivity contribution in [2.75, 3.05) is 6.54 Å². The standard InChI is InChI=1S/C15H17NO2S/c17-15(11-3-1-4-11)16-9-8-12-6-7-14(19-12)13-5-2-10-18-13/h2,5-7,10-11H,1,3-4,8-9H2,(H,16,17). The van der Waals surface area contributed by atoms with Crippen LogP contribution in [-0.4, -0.2) is 12.5 Å². The van der Waals surface area contributed by atoms with Gasteiger partial charge in [0, 0.05) is 17.3 Å². The summed E-state index contributed by atoms with van der Waals surface area (Å²) in [5, 5.41) is 3.02. The molecule has 2 aromatic rings. The molecule has 1 saturated carbocycles. The molecule has 4 heteroatoms. The second-order valence-corrected chi connectivity index (χ2v) is 6.08. The summed E-state index contributed by atoms with van der Waals surface area (Å²) in [6.07, 6.45) is 5.91. The molecule has 0 atom stereocenters. The second-order valence-electron chi connectivity index (χ2n) is 4.91. The zero-order chi connectivity index (χ0) is 13.1. The first-order chi connectivity index (χ1) is 9.33. The molecule has 1 N–H and O–H groups in total. The van der Waals surface area contributed by atoms with Crippen LogP contribution in [0.25, 0.3) is 10.6 Å². The van der Waals surface area contributed by atoms with Crippen molar-refractivity contribution in [1.29, 1.82) is 0 Å². The third-order valence-corrected chi connectivity index (χ3v) is 4.73. The van der Waals surface area contributed by atoms with E-state index in [9.17, 15) is 4.79 Å². The molecule has 1 aliphatic rings. The maximum Gasteiger partial charge on any atom is 0.223 e. The minimum Gasteiger partial charge on any atom is -0.464 e. The quantitative estimate of drug-likeness (QED) is 0.908. The van der Waals surface area contributed by atoms with E-state index >= 15 is 0 Å². The van der Waals surface area contributed by atoms with Gasteiger partial charge in [0.05, 0.1) is 11.1 Å². The van der Waals surface area contributed by atoms with Crippen LogP contribution in [0.3, 0.4) is 0 Å². The van der Waals surface area contributed by atoms with Gasteiger partial charge in [0.1, 0.15) is 5.76 Å². The third kappa shape index (κ3) is 2.89. The fourth-order valence-electron chi connectivity index (χ4n) is 2.19. The van der Waals surface area contributed by atoms with Crippen LogP contribution in [0.4, 0.5) is 0 Å². The highest BCUT2D eigenvalue weighted by molar-refractivity contribution is 7.15. The minimum atomic E-state index is 0.231. The molecule has 3 nitrogen and oxygen atoms in total. The van der Waals surface area contributed by atoms with Crippen LogP contribution in [0.15, 0.2) is 34.9 Å². The Hall–Kier alpha value is -1.55. The van der Waals surface area contributed by atoms with E-state index in [0.29, 0.717) is 0 Å². The molecule has 0 radical (unpaired) electrons. The molecular weight excluding hydrogens is 258 g/mol. The number of carbonyl (C=O) groups excluding carboxylic acids is 1. The van der Waals surface area contributed by atoms with Crippen molar-refractivity contribution in [3.63, 3.8) is 0 Å². The lowest BCUT2D eigenvalue weighted by molar-refractivity contribution is -0.127. The fraction of sp³-hybridized carbons (Fsp3) is 0.400. The van der Waals surface area contributed by atoms with E-state index in [1.54, 1.807) is 17.6 Å². The summed E-state index contributed by atoms with van der Waals surface area (Å²) in [5.41, 5.74) is 0. The number of hydrogen-bond donors (Lipinski definition) is 1. The number of hydrogen-bond acceptors (Lipinski definition) is 3. The molecule has 0 spiro atoms. The molecule has 0 bridgehead atoms. The first-order valence-electron chi connectivity index (χ1n) is 6.73. The Kier molecular flexibility index (Phi) is 3.69. The van der Waals surface area contributed by atoms with Gasteiger partial charge >= 0.3 is 0 Å². The number of rotatable bonds is 5. The van der Waals surface area contributed by atoms with Crippen molar-refractivity contribution >= 4 is 17.2 Å². The van der Waals surface area contributed by atoms with Crippen molar-refractivity contribution in [3.05, 3.63) is 35.4 Å². The zero-order valence-corrected chi connectivity index (χ0v) is 11.5. The Balaban J connectivity index is 1.49. The summed E-state index contributed by atoms with van der Waals surface area (Å²) in [5.74, 6) is 1.42. The molecule has 1 amide bonds. The first-order valence-corrected chi connectivity index (χ1v) is 7.55. The Bertz CT molecular complexity index is 540. The number of carbonyl (C=O) groups is 1. The molecular formula is C15H17NO2S. The molecule has 19 heavy (non-hydrogen) atoms. The van der Waals surface area contributed by atoms with Gasteiger partial charge in [-0.2, -0.15) is 0 Å². The molecule has 1 aliphatic carbocycles. The van der Waals surface area contributed by atoms with Gasteiger partial charge in [-0.25, -0.2) is 0 Å². The fourth-order valence-corrected chi connectivity index (χ4v) is 3.16. The van der Waals surface area contributed by atoms with Crippen LogP contribution in [0.1, 0.15) is 24.1 Å². The van der Waals surface area contributed by atoms with Gasteiger partial charge in [0.15, 0.2) is 0 Å². The summed E-state index contributed by atoms with van der Waals surface area (Å²) < 4.78 is 5.37. The topological polar surface area (TPSA) is 42.2 Å². The van der Waals surface area contributed by atoms with E-state index in [2.05, 4.69) is 17.4 Å². The van der Waals surface area contributed by atoms with Crippen LogP contribution in [0, 0.1) is 5.92 Å². The molecule has 100 valence electrons. The summed E-state index contributed by atoms with van der Waals surface area (Å²) in [6.45, 7) is 0.730. The molecule has 0 saturated heterocycles. The van der Waals surface area contributed by atoms with E-state index < -0.39 is 0 Å². The van der Waals surface area contributed by atoms with Crippen LogP contribution in [0.2, 0.25) is 0 Å². The van der Waals surface area contributed by atoms with Gasteiger partial charge < -0.3 is 9.73 Å². The summed E-state index contributed by atoms with van der Waals surface area (Å²) in [7, 11) is 0. The number of furan rings is 1. The molecule has 0 aromatic carbocycles. The molecule has 2 aromatic heterocycles. The lowest BCUT2D eigenvalue weighted by atomic mass is 9.85. The van der Waals surface area contributed by atoms with Gasteiger partial charge in [-0.1, -0.05) is 6.42 Å². The summed E-state index contributed by atoms with van der Waals surface area (Å²) >= 11 is 1.73. The maximum absolute atomic E-state index is 11.7. The lowest BCUT2D eigenvalue weighted by Gasteiger charge is -2.23. The van der Waals surface area contributed by atoms with Crippen LogP contribution in [0.5, 0.6) is 0 Å². The Morgan fingerprint density at radius 2 is 2.26 bits per heavy atom. The Morgan fingerprint density at radius 3 is 2.95 bits per heavy atom. The smallest absolute Gasteiger partial charge is 0.223 e. The Labute approximate surface area is 116 Å². The van der Waals surface area contributed by atoms with E-state index in [0.717, 1.165) is 36.4 Å². The summed E-state index contributed by atoms with van der Waals surface area (Å²) in [4.78, 5) is 14.1. The number of thiophene rings is 1. The van der Waals surface area contributed by atoms with E-state index in [-0.39, 0.29) is 11.8 Å². The first kappa shape index (κ1) is 12.5.